The summed E-state index contributed by atoms with van der Waals surface area (Å²) in [5.74, 6) is -0.243. The maximum absolute atomic E-state index is 12.9. The van der Waals surface area contributed by atoms with E-state index in [0.717, 1.165) is 32.1 Å². The van der Waals surface area contributed by atoms with Crippen molar-refractivity contribution >= 4 is 221 Å². The molecule has 1 aliphatic heterocycles. The predicted octanol–water partition coefficient (Wildman–Crippen LogP) is 8.28. The SMILES string of the molecule is O=C(COc1c(I)cc(I)cc1I)OC[C@@H]1C[C@H](OC(=O)COc2c(I)cc(I)cc2I)[C@@H](NOC(=O)COc2c(I)cc(I)cc2I)O1. The highest BCUT2D eigenvalue weighted by Crippen LogP contribution is 2.32. The molecule has 0 amide bonds. The van der Waals surface area contributed by atoms with Crippen LogP contribution in [0.5, 0.6) is 17.2 Å². The van der Waals surface area contributed by atoms with Gasteiger partial charge in [0.15, 0.2) is 26.0 Å². The Morgan fingerprint density at radius 2 is 1.00 bits per heavy atom. The van der Waals surface area contributed by atoms with E-state index < -0.39 is 36.3 Å². The largest absolute Gasteiger partial charge is 0.480 e. The number of carbonyl (C=O) groups excluding carboxylic acids is 3. The number of hydroxylamine groups is 1. The van der Waals surface area contributed by atoms with Crippen molar-refractivity contribution in [2.75, 3.05) is 26.4 Å². The van der Waals surface area contributed by atoms with Crippen molar-refractivity contribution in [1.82, 2.24) is 5.48 Å². The quantitative estimate of drug-likeness (QED) is 0.0726. The average molecular weight is 1680 g/mol. The van der Waals surface area contributed by atoms with Crippen LogP contribution in [0, 0.1) is 32.1 Å². The molecule has 0 bridgehead atoms. The second-order valence-corrected chi connectivity index (χ2v) is 20.4. The molecule has 3 atom stereocenters. The molecule has 0 aromatic heterocycles. The summed E-state index contributed by atoms with van der Waals surface area (Å²) >= 11 is 19.5. The van der Waals surface area contributed by atoms with Gasteiger partial charge in [0.1, 0.15) is 30.0 Å². The van der Waals surface area contributed by atoms with Crippen molar-refractivity contribution < 1.29 is 47.6 Å². The van der Waals surface area contributed by atoms with E-state index in [0.29, 0.717) is 17.2 Å². The Morgan fingerprint density at radius 3 is 1.43 bits per heavy atom. The Kier molecular flexibility index (Phi) is 19.0. The van der Waals surface area contributed by atoms with Gasteiger partial charge in [-0.3, -0.25) is 0 Å². The number of esters is 2. The van der Waals surface area contributed by atoms with Crippen molar-refractivity contribution in [3.05, 3.63) is 68.5 Å². The lowest BCUT2D eigenvalue weighted by Crippen LogP contribution is -2.42. The van der Waals surface area contributed by atoms with E-state index in [1.165, 1.54) is 0 Å². The molecule has 0 aliphatic carbocycles. The van der Waals surface area contributed by atoms with Crippen molar-refractivity contribution in [3.8, 4) is 17.2 Å². The molecule has 11 nitrogen and oxygen atoms in total. The summed E-state index contributed by atoms with van der Waals surface area (Å²) in [7, 11) is 0. The van der Waals surface area contributed by atoms with Crippen LogP contribution in [0.3, 0.4) is 0 Å². The lowest BCUT2D eigenvalue weighted by atomic mass is 10.2. The number of hydrogen-bond donors (Lipinski definition) is 1. The minimum absolute atomic E-state index is 0.147. The van der Waals surface area contributed by atoms with Gasteiger partial charge in [0.25, 0.3) is 0 Å². The third-order valence-corrected chi connectivity index (χ3v) is 12.7. The van der Waals surface area contributed by atoms with Gasteiger partial charge < -0.3 is 33.3 Å². The molecule has 1 N–H and O–H groups in total. The summed E-state index contributed by atoms with van der Waals surface area (Å²) in [6.07, 6.45) is -2.48. The monoisotopic (exact) mass is 1680 g/mol. The Morgan fingerprint density at radius 1 is 0.612 bits per heavy atom. The molecule has 3 aromatic rings. The number of benzene rings is 3. The summed E-state index contributed by atoms with van der Waals surface area (Å²) in [4.78, 5) is 43.3. The van der Waals surface area contributed by atoms with Gasteiger partial charge >= 0.3 is 17.9 Å². The molecule has 264 valence electrons. The van der Waals surface area contributed by atoms with Gasteiger partial charge in [-0.05, 0) is 240 Å². The zero-order chi connectivity index (χ0) is 35.8. The van der Waals surface area contributed by atoms with Gasteiger partial charge in [-0.2, -0.15) is 0 Å². The van der Waals surface area contributed by atoms with Crippen LogP contribution in [0.4, 0.5) is 0 Å². The van der Waals surface area contributed by atoms with Crippen LogP contribution in [0.1, 0.15) is 6.42 Å². The summed E-state index contributed by atoms with van der Waals surface area (Å²) in [6, 6.07) is 11.6. The normalized spacial score (nSPS) is 17.0. The Balaban J connectivity index is 1.34. The van der Waals surface area contributed by atoms with Gasteiger partial charge in [-0.25, -0.2) is 14.4 Å². The predicted molar refractivity (Wildman–Crippen MR) is 254 cm³/mol. The first-order valence-corrected chi connectivity index (χ1v) is 23.2. The first-order valence-electron chi connectivity index (χ1n) is 13.5. The van der Waals surface area contributed by atoms with Crippen LogP contribution in [0.25, 0.3) is 0 Å². The van der Waals surface area contributed by atoms with Crippen molar-refractivity contribution in [3.63, 3.8) is 0 Å². The lowest BCUT2D eigenvalue weighted by Gasteiger charge is -2.20. The number of hydrogen-bond acceptors (Lipinski definition) is 11. The summed E-state index contributed by atoms with van der Waals surface area (Å²) in [5.41, 5.74) is 2.55. The maximum Gasteiger partial charge on any atom is 0.362 e. The molecule has 0 spiro atoms. The molecule has 0 radical (unpaired) electrons. The fraction of sp³-hybridized carbons (Fsp3) is 0.276. The molecule has 1 heterocycles. The molecule has 3 aromatic carbocycles. The van der Waals surface area contributed by atoms with Crippen LogP contribution in [0.2, 0.25) is 0 Å². The van der Waals surface area contributed by atoms with Gasteiger partial charge in [0.05, 0.1) is 27.5 Å². The van der Waals surface area contributed by atoms with Gasteiger partial charge in [-0.15, -0.1) is 5.48 Å². The lowest BCUT2D eigenvalue weighted by molar-refractivity contribution is -0.176. The van der Waals surface area contributed by atoms with Crippen LogP contribution in [0.15, 0.2) is 36.4 Å². The third kappa shape index (κ3) is 13.9. The van der Waals surface area contributed by atoms with Crippen LogP contribution in [-0.4, -0.2) is 62.8 Å². The van der Waals surface area contributed by atoms with Crippen molar-refractivity contribution in [2.24, 2.45) is 0 Å². The highest BCUT2D eigenvalue weighted by molar-refractivity contribution is 14.1. The van der Waals surface area contributed by atoms with E-state index in [1.54, 1.807) is 0 Å². The van der Waals surface area contributed by atoms with E-state index >= 15 is 0 Å². The minimum Gasteiger partial charge on any atom is -0.480 e. The minimum atomic E-state index is -1.06. The Hall–Kier alpha value is 1.96. The molecule has 0 saturated carbocycles. The highest BCUT2D eigenvalue weighted by Gasteiger charge is 2.40. The second-order valence-electron chi connectivity index (χ2n) is 9.68. The maximum atomic E-state index is 12.9. The second kappa shape index (κ2) is 21.3. The first-order chi connectivity index (χ1) is 23.2. The standard InChI is InChI=1S/C29H20I9NO10/c30-12-1-16(33)26(17(34)2-12)44-9-23(40)43-8-15-7-22(48-24(41)10-45-27-18(35)3-13(31)4-19(27)36)29(47-15)39-49-25(42)11-46-28-20(37)5-14(32)6-21(28)38/h1-6,15,22,29,39H,7-11H2/t15-,22-,29-/m0/s1. The fourth-order valence-corrected chi connectivity index (χ4v) is 15.7. The van der Waals surface area contributed by atoms with Crippen LogP contribution < -0.4 is 19.7 Å². The Labute approximate surface area is 404 Å². The third-order valence-electron chi connectivity index (χ3n) is 6.07. The van der Waals surface area contributed by atoms with E-state index in [4.69, 9.17) is 33.3 Å². The Bertz CT molecular complexity index is 1640. The summed E-state index contributed by atoms with van der Waals surface area (Å²) in [5, 5.41) is 0. The zero-order valence-electron chi connectivity index (χ0n) is 24.2. The number of halogens is 9. The molecule has 1 saturated heterocycles. The van der Waals surface area contributed by atoms with Gasteiger partial charge in [0.2, 0.25) is 0 Å². The molecule has 4 rings (SSSR count). The molecule has 49 heavy (non-hydrogen) atoms. The molecule has 20 heteroatoms. The molecule has 0 unspecified atom stereocenters. The average Bonchev–Trinajstić information content (AvgIpc) is 3.38. The van der Waals surface area contributed by atoms with Crippen LogP contribution >= 0.6 is 203 Å². The number of ether oxygens (including phenoxy) is 6. The van der Waals surface area contributed by atoms with E-state index in [2.05, 4.69) is 209 Å². The van der Waals surface area contributed by atoms with E-state index in [-0.39, 0.29) is 32.8 Å². The molecule has 1 aliphatic rings. The fourth-order valence-electron chi connectivity index (χ4n) is 4.03. The molecule has 1 fully saturated rings. The molecular weight excluding hydrogens is 1660 g/mol. The van der Waals surface area contributed by atoms with Crippen molar-refractivity contribution in [2.45, 2.75) is 24.9 Å². The molecular formula is C29H20I9NO10. The number of rotatable bonds is 14. The summed E-state index contributed by atoms with van der Waals surface area (Å²) < 4.78 is 42.5. The number of carbonyl (C=O) groups is 3. The van der Waals surface area contributed by atoms with E-state index in [1.807, 2.05) is 36.4 Å². The smallest absolute Gasteiger partial charge is 0.362 e. The van der Waals surface area contributed by atoms with Crippen molar-refractivity contribution in [1.29, 1.82) is 0 Å². The van der Waals surface area contributed by atoms with Crippen LogP contribution in [-0.2, 0) is 33.4 Å². The topological polar surface area (TPSA) is 128 Å². The van der Waals surface area contributed by atoms with Gasteiger partial charge in [-0.1, -0.05) is 0 Å². The first kappa shape index (κ1) is 43.7. The van der Waals surface area contributed by atoms with E-state index in [9.17, 15) is 14.4 Å². The highest BCUT2D eigenvalue weighted by atomic mass is 127. The number of nitrogens with one attached hydrogen (secondary N) is 1. The van der Waals surface area contributed by atoms with Gasteiger partial charge in [0, 0.05) is 17.1 Å². The summed E-state index contributed by atoms with van der Waals surface area (Å²) in [6.45, 7) is -1.18. The zero-order valence-corrected chi connectivity index (χ0v) is 43.6.